The van der Waals surface area contributed by atoms with Crippen LogP contribution in [0.2, 0.25) is 0 Å². The van der Waals surface area contributed by atoms with Gasteiger partial charge >= 0.3 is 11.9 Å². The van der Waals surface area contributed by atoms with Crippen molar-refractivity contribution in [3.8, 4) is 0 Å². The first-order valence-corrected chi connectivity index (χ1v) is 23.4. The van der Waals surface area contributed by atoms with Gasteiger partial charge < -0.3 is 28.6 Å². The van der Waals surface area contributed by atoms with Gasteiger partial charge in [0.1, 0.15) is 12.6 Å². The highest BCUT2D eigenvalue weighted by Gasteiger charge is 2.25. The van der Waals surface area contributed by atoms with Gasteiger partial charge in [0.05, 0.1) is 40.3 Å². The van der Waals surface area contributed by atoms with Gasteiger partial charge in [-0.15, -0.1) is 0 Å². The standard InChI is InChI=1S/C52H85NO7/c1-6-8-10-12-14-16-18-20-22-24-26-28-30-32-34-36-38-40-42-50(54)59-47-48(46-58-45-44-49(52(56)57)53(3,4)5)60-51(55)43-41-39-37-35-33-31-29-27-25-23-21-19-17-15-13-11-9-7-2/h14-29,48-49H,6-13,30-47H2,1-5H3/b16-14+,17-15+,20-18+,21-19+,24-22+,25-23+,28-26+,29-27+. The molecule has 0 saturated heterocycles. The molecule has 0 rings (SSSR count). The highest BCUT2D eigenvalue weighted by molar-refractivity contribution is 5.70. The van der Waals surface area contributed by atoms with Crippen molar-refractivity contribution >= 4 is 17.9 Å². The van der Waals surface area contributed by atoms with E-state index in [4.69, 9.17) is 14.2 Å². The van der Waals surface area contributed by atoms with Crippen molar-refractivity contribution in [2.75, 3.05) is 41.0 Å². The molecule has 340 valence electrons. The van der Waals surface area contributed by atoms with Gasteiger partial charge in [0.15, 0.2) is 6.10 Å². The van der Waals surface area contributed by atoms with Gasteiger partial charge in [-0.1, -0.05) is 175 Å². The van der Waals surface area contributed by atoms with Crippen LogP contribution in [0.25, 0.3) is 0 Å². The van der Waals surface area contributed by atoms with Gasteiger partial charge in [-0.2, -0.15) is 0 Å². The molecule has 60 heavy (non-hydrogen) atoms. The predicted molar refractivity (Wildman–Crippen MR) is 249 cm³/mol. The molecule has 0 aromatic rings. The van der Waals surface area contributed by atoms with E-state index in [2.05, 4.69) is 92.8 Å². The second-order valence-electron chi connectivity index (χ2n) is 16.5. The lowest BCUT2D eigenvalue weighted by Crippen LogP contribution is -2.55. The Kier molecular flexibility index (Phi) is 39.3. The van der Waals surface area contributed by atoms with Crippen LogP contribution in [0.3, 0.4) is 0 Å². The normalized spacial score (nSPS) is 13.8. The molecule has 0 bridgehead atoms. The Morgan fingerprint density at radius 1 is 0.500 bits per heavy atom. The van der Waals surface area contributed by atoms with Crippen molar-refractivity contribution in [2.45, 2.75) is 174 Å². The maximum absolute atomic E-state index is 12.7. The summed E-state index contributed by atoms with van der Waals surface area (Å²) in [5.74, 6) is -1.81. The van der Waals surface area contributed by atoms with Crippen LogP contribution in [-0.2, 0) is 28.6 Å². The number of hydrogen-bond donors (Lipinski definition) is 0. The fourth-order valence-electron chi connectivity index (χ4n) is 6.21. The van der Waals surface area contributed by atoms with Crippen LogP contribution in [0.5, 0.6) is 0 Å². The zero-order chi connectivity index (χ0) is 44.2. The van der Waals surface area contributed by atoms with E-state index in [1.165, 1.54) is 38.5 Å². The lowest BCUT2D eigenvalue weighted by molar-refractivity contribution is -0.889. The first-order chi connectivity index (χ1) is 29.1. The van der Waals surface area contributed by atoms with Gasteiger partial charge in [-0.05, 0) is 64.2 Å². The van der Waals surface area contributed by atoms with Crippen molar-refractivity contribution in [1.29, 1.82) is 0 Å². The fourth-order valence-corrected chi connectivity index (χ4v) is 6.21. The molecule has 0 radical (unpaired) electrons. The summed E-state index contributed by atoms with van der Waals surface area (Å²) in [4.78, 5) is 36.9. The van der Waals surface area contributed by atoms with Crippen molar-refractivity contribution in [1.82, 2.24) is 0 Å². The molecular formula is C52H85NO7. The van der Waals surface area contributed by atoms with Crippen LogP contribution in [0.4, 0.5) is 0 Å². The summed E-state index contributed by atoms with van der Waals surface area (Å²) in [6, 6.07) is -0.741. The lowest BCUT2D eigenvalue weighted by Gasteiger charge is -2.34. The largest absolute Gasteiger partial charge is 0.544 e. The maximum atomic E-state index is 12.7. The van der Waals surface area contributed by atoms with E-state index in [1.54, 1.807) is 21.1 Å². The van der Waals surface area contributed by atoms with E-state index >= 15 is 0 Å². The summed E-state index contributed by atoms with van der Waals surface area (Å²) in [6.45, 7) is 4.52. The molecule has 0 aliphatic carbocycles. The third-order valence-electron chi connectivity index (χ3n) is 9.88. The van der Waals surface area contributed by atoms with E-state index in [0.29, 0.717) is 6.42 Å². The molecule has 8 heteroatoms. The molecule has 0 spiro atoms. The van der Waals surface area contributed by atoms with Gasteiger partial charge in [0.25, 0.3) is 0 Å². The van der Waals surface area contributed by atoms with E-state index in [9.17, 15) is 19.5 Å². The Hall–Kier alpha value is -3.75. The van der Waals surface area contributed by atoms with Gasteiger partial charge in [0.2, 0.25) is 0 Å². The van der Waals surface area contributed by atoms with Crippen LogP contribution >= 0.6 is 0 Å². The number of unbranched alkanes of at least 4 members (excludes halogenated alkanes) is 16. The smallest absolute Gasteiger partial charge is 0.306 e. The van der Waals surface area contributed by atoms with Gasteiger partial charge in [-0.25, -0.2) is 0 Å². The van der Waals surface area contributed by atoms with Crippen LogP contribution in [0.15, 0.2) is 97.2 Å². The summed E-state index contributed by atoms with van der Waals surface area (Å²) >= 11 is 0. The molecule has 2 atom stereocenters. The number of likely N-dealkylation sites (N-methyl/N-ethyl adjacent to an activating group) is 1. The van der Waals surface area contributed by atoms with Crippen LogP contribution < -0.4 is 5.11 Å². The van der Waals surface area contributed by atoms with Gasteiger partial charge in [-0.3, -0.25) is 9.59 Å². The van der Waals surface area contributed by atoms with Gasteiger partial charge in [0, 0.05) is 19.3 Å². The number of carbonyl (C=O) groups excluding carboxylic acids is 3. The van der Waals surface area contributed by atoms with Crippen molar-refractivity contribution in [3.05, 3.63) is 97.2 Å². The first-order valence-electron chi connectivity index (χ1n) is 23.4. The molecule has 0 saturated carbocycles. The molecule has 8 nitrogen and oxygen atoms in total. The highest BCUT2D eigenvalue weighted by atomic mass is 16.6. The summed E-state index contributed by atoms with van der Waals surface area (Å²) < 4.78 is 17.1. The predicted octanol–water partition coefficient (Wildman–Crippen LogP) is 11.7. The summed E-state index contributed by atoms with van der Waals surface area (Å²) in [5.41, 5.74) is 0. The Labute approximate surface area is 366 Å². The van der Waals surface area contributed by atoms with E-state index in [0.717, 1.165) is 89.9 Å². The Balaban J connectivity index is 4.45. The SMILES string of the molecule is CCCCC/C=C/C=C/C=C/C=C/CCCCCCCC(=O)OCC(COCCC(C(=O)[O-])[N+](C)(C)C)OC(=O)CCCCCCC/C=C/C=C/C=C/C=C/CCCCC. The Bertz CT molecular complexity index is 1300. The monoisotopic (exact) mass is 836 g/mol. The number of aliphatic carboxylic acids is 1. The number of nitrogens with zero attached hydrogens (tertiary/aromatic N) is 1. The third-order valence-corrected chi connectivity index (χ3v) is 9.88. The number of carboxylic acid groups (broad SMARTS) is 1. The molecule has 0 fully saturated rings. The topological polar surface area (TPSA) is 102 Å². The minimum Gasteiger partial charge on any atom is -0.544 e. The number of carbonyl (C=O) groups is 3. The first kappa shape index (κ1) is 56.2. The molecule has 0 heterocycles. The van der Waals surface area contributed by atoms with E-state index in [1.807, 2.05) is 18.2 Å². The lowest BCUT2D eigenvalue weighted by atomic mass is 10.1. The molecule has 0 aromatic heterocycles. The van der Waals surface area contributed by atoms with E-state index in [-0.39, 0.29) is 49.1 Å². The minimum absolute atomic E-state index is 0.0164. The number of carboxylic acids is 1. The number of esters is 2. The summed E-state index contributed by atoms with van der Waals surface area (Å²) in [6.07, 6.45) is 55.6. The molecule has 0 N–H and O–H groups in total. The van der Waals surface area contributed by atoms with Crippen LogP contribution in [-0.4, -0.2) is 75.5 Å². The summed E-state index contributed by atoms with van der Waals surface area (Å²) in [7, 11) is 5.38. The minimum atomic E-state index is -1.14. The number of hydrogen-bond acceptors (Lipinski definition) is 7. The van der Waals surface area contributed by atoms with Crippen molar-refractivity contribution in [2.24, 2.45) is 0 Å². The molecule has 2 unspecified atom stereocenters. The molecule has 0 aliphatic rings. The number of quaternary nitrogens is 1. The number of rotatable bonds is 40. The molecular weight excluding hydrogens is 751 g/mol. The Morgan fingerprint density at radius 2 is 0.883 bits per heavy atom. The average molecular weight is 836 g/mol. The summed E-state index contributed by atoms with van der Waals surface area (Å²) in [5, 5.41) is 11.6. The number of allylic oxidation sites excluding steroid dienone is 16. The maximum Gasteiger partial charge on any atom is 0.306 e. The second-order valence-corrected chi connectivity index (χ2v) is 16.5. The highest BCUT2D eigenvalue weighted by Crippen LogP contribution is 2.12. The zero-order valence-electron chi connectivity index (χ0n) is 38.6. The van der Waals surface area contributed by atoms with Crippen LogP contribution in [0.1, 0.15) is 162 Å². The van der Waals surface area contributed by atoms with Crippen molar-refractivity contribution < 1.29 is 38.2 Å². The van der Waals surface area contributed by atoms with E-state index < -0.39 is 18.1 Å². The third kappa shape index (κ3) is 39.7. The zero-order valence-corrected chi connectivity index (χ0v) is 38.6. The average Bonchev–Trinajstić information content (AvgIpc) is 3.21. The fraction of sp³-hybridized carbons (Fsp3) is 0.635. The second kappa shape index (κ2) is 42.0. The Morgan fingerprint density at radius 3 is 1.30 bits per heavy atom. The van der Waals surface area contributed by atoms with Crippen LogP contribution in [0, 0.1) is 0 Å². The van der Waals surface area contributed by atoms with Crippen molar-refractivity contribution in [3.63, 3.8) is 0 Å². The molecule has 0 aromatic carbocycles. The quantitative estimate of drug-likeness (QED) is 0.0262. The number of ether oxygens (including phenoxy) is 3. The molecule has 0 amide bonds. The molecule has 0 aliphatic heterocycles.